The van der Waals surface area contributed by atoms with E-state index >= 15 is 0 Å². The molecule has 0 saturated carbocycles. The van der Waals surface area contributed by atoms with Crippen LogP contribution >= 0.6 is 22.9 Å². The Kier molecular flexibility index (Phi) is 5.48. The first-order valence-electron chi connectivity index (χ1n) is 10.1. The summed E-state index contributed by atoms with van der Waals surface area (Å²) in [6.07, 6.45) is 0.495. The van der Waals surface area contributed by atoms with Gasteiger partial charge in [0, 0.05) is 23.3 Å². The van der Waals surface area contributed by atoms with E-state index in [2.05, 4.69) is 10.1 Å². The Morgan fingerprint density at radius 1 is 1.21 bits per heavy atom. The molecular formula is C22H19ClN4O4S2. The van der Waals surface area contributed by atoms with Gasteiger partial charge in [0.15, 0.2) is 0 Å². The van der Waals surface area contributed by atoms with Crippen molar-refractivity contribution in [1.29, 1.82) is 0 Å². The second-order valence-corrected chi connectivity index (χ2v) is 11.0. The predicted molar refractivity (Wildman–Crippen MR) is 125 cm³/mol. The molecule has 2 atom stereocenters. The molecule has 0 radical (unpaired) electrons. The topological polar surface area (TPSA) is 105 Å². The number of carbonyl (C=O) groups is 1. The molecule has 1 aliphatic heterocycles. The fraction of sp³-hybridized carbons (Fsp3) is 0.227. The number of benzene rings is 2. The van der Waals surface area contributed by atoms with Gasteiger partial charge in [0.25, 0.3) is 10.0 Å². The lowest BCUT2D eigenvalue weighted by atomic mass is 9.92. The maximum atomic E-state index is 13.3. The van der Waals surface area contributed by atoms with Gasteiger partial charge in [0.1, 0.15) is 0 Å². The van der Waals surface area contributed by atoms with E-state index in [-0.39, 0.29) is 23.9 Å². The molecule has 33 heavy (non-hydrogen) atoms. The first-order valence-corrected chi connectivity index (χ1v) is 12.8. The zero-order valence-electron chi connectivity index (χ0n) is 17.4. The summed E-state index contributed by atoms with van der Waals surface area (Å²) in [5.41, 5.74) is 4.11. The van der Waals surface area contributed by atoms with Crippen LogP contribution < -0.4 is 0 Å². The number of aromatic nitrogens is 3. The Hall–Kier alpha value is -2.79. The second-order valence-electron chi connectivity index (χ2n) is 7.89. The standard InChI is InChI=1S/C22H19ClN4O4S2/c1-13(28)21(16-4-2-3-5-17(16)23)22(29)26-9-14-10-27(25-19(14)11-26)33(30,31)15-6-7-18-20(8-15)32-12-24-18/h2-8,10,12-13,21,28H,9,11H2,1H3/t13-,21-/m0/s1. The van der Waals surface area contributed by atoms with E-state index in [1.165, 1.54) is 23.6 Å². The molecule has 0 aliphatic carbocycles. The van der Waals surface area contributed by atoms with Crippen LogP contribution in [-0.4, -0.2) is 44.6 Å². The van der Waals surface area contributed by atoms with Crippen LogP contribution in [0.3, 0.4) is 0 Å². The first kappa shape index (κ1) is 22.0. The van der Waals surface area contributed by atoms with Crippen LogP contribution in [0.1, 0.15) is 29.7 Å². The zero-order chi connectivity index (χ0) is 23.3. The Morgan fingerprint density at radius 3 is 2.73 bits per heavy atom. The number of nitrogens with zero attached hydrogens (tertiary/aromatic N) is 4. The molecule has 1 aliphatic rings. The molecule has 4 aromatic rings. The van der Waals surface area contributed by atoms with Crippen LogP contribution in [0.25, 0.3) is 10.2 Å². The molecule has 0 bridgehead atoms. The van der Waals surface area contributed by atoms with Gasteiger partial charge in [0.2, 0.25) is 5.91 Å². The summed E-state index contributed by atoms with van der Waals surface area (Å²) in [4.78, 5) is 19.1. The van der Waals surface area contributed by atoms with Gasteiger partial charge >= 0.3 is 0 Å². The van der Waals surface area contributed by atoms with E-state index in [1.807, 2.05) is 0 Å². The van der Waals surface area contributed by atoms with Gasteiger partial charge in [-0.1, -0.05) is 29.8 Å². The van der Waals surface area contributed by atoms with Crippen LogP contribution in [0, 0.1) is 0 Å². The van der Waals surface area contributed by atoms with E-state index < -0.39 is 22.0 Å². The number of halogens is 1. The first-order chi connectivity index (χ1) is 15.8. The Labute approximate surface area is 199 Å². The van der Waals surface area contributed by atoms with E-state index in [1.54, 1.807) is 53.7 Å². The molecule has 11 heteroatoms. The molecule has 0 unspecified atom stereocenters. The lowest BCUT2D eigenvalue weighted by molar-refractivity contribution is -0.135. The highest BCUT2D eigenvalue weighted by Crippen LogP contribution is 2.33. The predicted octanol–water partition coefficient (Wildman–Crippen LogP) is 3.39. The summed E-state index contributed by atoms with van der Waals surface area (Å²) in [5, 5.41) is 15.0. The highest BCUT2D eigenvalue weighted by Gasteiger charge is 2.36. The van der Waals surface area contributed by atoms with Crippen molar-refractivity contribution < 1.29 is 18.3 Å². The fourth-order valence-electron chi connectivity index (χ4n) is 4.03. The Bertz CT molecular complexity index is 1460. The van der Waals surface area contributed by atoms with Crippen LogP contribution in [0.2, 0.25) is 5.02 Å². The number of amides is 1. The minimum Gasteiger partial charge on any atom is -0.392 e. The number of hydrogen-bond acceptors (Lipinski definition) is 7. The largest absolute Gasteiger partial charge is 0.392 e. The van der Waals surface area contributed by atoms with Crippen molar-refractivity contribution in [2.45, 2.75) is 36.9 Å². The maximum absolute atomic E-state index is 13.3. The fourth-order valence-corrected chi connectivity index (χ4v) is 6.27. The van der Waals surface area contributed by atoms with Gasteiger partial charge in [-0.2, -0.15) is 17.6 Å². The second kappa shape index (κ2) is 8.21. The van der Waals surface area contributed by atoms with Gasteiger partial charge in [0.05, 0.1) is 44.9 Å². The van der Waals surface area contributed by atoms with Gasteiger partial charge in [-0.25, -0.2) is 4.98 Å². The zero-order valence-corrected chi connectivity index (χ0v) is 19.8. The quantitative estimate of drug-likeness (QED) is 0.448. The molecule has 3 heterocycles. The monoisotopic (exact) mass is 502 g/mol. The Morgan fingerprint density at radius 2 is 2.00 bits per heavy atom. The number of aliphatic hydroxyl groups excluding tert-OH is 1. The molecule has 2 aromatic heterocycles. The summed E-state index contributed by atoms with van der Waals surface area (Å²) in [6, 6.07) is 11.7. The van der Waals surface area contributed by atoms with Gasteiger partial charge in [-0.05, 0) is 36.8 Å². The smallest absolute Gasteiger partial charge is 0.283 e. The number of aliphatic hydroxyl groups is 1. The molecule has 170 valence electrons. The molecule has 0 saturated heterocycles. The van der Waals surface area contributed by atoms with Crippen molar-refractivity contribution in [3.05, 3.63) is 76.0 Å². The lowest BCUT2D eigenvalue weighted by Gasteiger charge is -2.26. The van der Waals surface area contributed by atoms with E-state index in [4.69, 9.17) is 11.6 Å². The number of rotatable bonds is 5. The average molecular weight is 503 g/mol. The number of fused-ring (bicyclic) bond motifs is 2. The number of thiazole rings is 1. The minimum atomic E-state index is -3.88. The number of carbonyl (C=O) groups excluding carboxylic acids is 1. The molecule has 0 fully saturated rings. The summed E-state index contributed by atoms with van der Waals surface area (Å²) in [7, 11) is -3.88. The summed E-state index contributed by atoms with van der Waals surface area (Å²) >= 11 is 7.64. The molecule has 2 aromatic carbocycles. The van der Waals surface area contributed by atoms with Crippen molar-refractivity contribution in [3.63, 3.8) is 0 Å². The van der Waals surface area contributed by atoms with Crippen molar-refractivity contribution in [2.75, 3.05) is 0 Å². The van der Waals surface area contributed by atoms with E-state index in [0.29, 0.717) is 21.8 Å². The molecular weight excluding hydrogens is 484 g/mol. The highest BCUT2D eigenvalue weighted by atomic mass is 35.5. The van der Waals surface area contributed by atoms with Crippen molar-refractivity contribution in [1.82, 2.24) is 19.1 Å². The van der Waals surface area contributed by atoms with Crippen LogP contribution in [0.15, 0.2) is 59.1 Å². The van der Waals surface area contributed by atoms with Gasteiger partial charge in [-0.15, -0.1) is 11.3 Å². The number of hydrogen-bond donors (Lipinski definition) is 1. The molecule has 1 N–H and O–H groups in total. The van der Waals surface area contributed by atoms with E-state index in [9.17, 15) is 18.3 Å². The third-order valence-electron chi connectivity index (χ3n) is 5.71. The van der Waals surface area contributed by atoms with Crippen LogP contribution in [0.4, 0.5) is 0 Å². The third kappa shape index (κ3) is 3.82. The third-order valence-corrected chi connectivity index (χ3v) is 8.37. The molecule has 5 rings (SSSR count). The van der Waals surface area contributed by atoms with Crippen LogP contribution in [-0.2, 0) is 27.9 Å². The van der Waals surface area contributed by atoms with Crippen molar-refractivity contribution in [3.8, 4) is 0 Å². The van der Waals surface area contributed by atoms with Crippen molar-refractivity contribution in [2.24, 2.45) is 0 Å². The summed E-state index contributed by atoms with van der Waals surface area (Å²) in [5.74, 6) is -1.12. The molecule has 8 nitrogen and oxygen atoms in total. The highest BCUT2D eigenvalue weighted by molar-refractivity contribution is 7.89. The Balaban J connectivity index is 1.40. The lowest BCUT2D eigenvalue weighted by Crippen LogP contribution is -2.36. The summed E-state index contributed by atoms with van der Waals surface area (Å²) < 4.78 is 27.9. The van der Waals surface area contributed by atoms with E-state index in [0.717, 1.165) is 14.3 Å². The van der Waals surface area contributed by atoms with Crippen LogP contribution in [0.5, 0.6) is 0 Å². The van der Waals surface area contributed by atoms with Gasteiger partial charge in [-0.3, -0.25) is 4.79 Å². The van der Waals surface area contributed by atoms with Crippen molar-refractivity contribution >= 4 is 49.1 Å². The molecule has 0 spiro atoms. The minimum absolute atomic E-state index is 0.126. The maximum Gasteiger partial charge on any atom is 0.283 e. The normalized spacial score (nSPS) is 15.5. The average Bonchev–Trinajstić information content (AvgIpc) is 3.49. The molecule has 1 amide bonds. The van der Waals surface area contributed by atoms with Gasteiger partial charge < -0.3 is 10.0 Å². The SMILES string of the molecule is C[C@H](O)[C@H](C(=O)N1Cc2cn(S(=O)(=O)c3ccc4ncsc4c3)nc2C1)c1ccccc1Cl. The summed E-state index contributed by atoms with van der Waals surface area (Å²) in [6.45, 7) is 1.90.